The number of nitrogens with zero attached hydrogens (tertiary/aromatic N) is 2. The number of piperidine rings is 1. The molecule has 2 aliphatic heterocycles. The number of rotatable bonds is 6. The molecule has 1 saturated heterocycles. The molecule has 0 bridgehead atoms. The predicted octanol–water partition coefficient (Wildman–Crippen LogP) is 3.81. The second-order valence-corrected chi connectivity index (χ2v) is 8.48. The topological polar surface area (TPSA) is 52.7 Å². The van der Waals surface area contributed by atoms with Crippen LogP contribution in [0.1, 0.15) is 53.9 Å². The van der Waals surface area contributed by atoms with Crippen molar-refractivity contribution in [2.45, 2.75) is 44.1 Å². The number of benzene rings is 2. The third-order valence-electron chi connectivity index (χ3n) is 6.60. The zero-order chi connectivity index (χ0) is 20.9. The van der Waals surface area contributed by atoms with E-state index in [1.165, 1.54) is 18.4 Å². The number of unbranched alkanes of at least 4 members (excludes halogenated alkanes) is 1. The molecule has 2 aromatic rings. The predicted molar refractivity (Wildman–Crippen MR) is 120 cm³/mol. The summed E-state index contributed by atoms with van der Waals surface area (Å²) in [5.74, 6) is 0.192. The van der Waals surface area contributed by atoms with Gasteiger partial charge in [0.15, 0.2) is 0 Å². The average Bonchev–Trinajstić information content (AvgIpc) is 2.87. The van der Waals surface area contributed by atoms with E-state index in [0.29, 0.717) is 11.5 Å². The van der Waals surface area contributed by atoms with Crippen molar-refractivity contribution in [1.29, 1.82) is 0 Å². The van der Waals surface area contributed by atoms with Gasteiger partial charge in [-0.05, 0) is 75.4 Å². The van der Waals surface area contributed by atoms with Crippen molar-refractivity contribution in [2.75, 3.05) is 31.6 Å². The molecule has 1 N–H and O–H groups in total. The Hall–Kier alpha value is -2.66. The lowest BCUT2D eigenvalue weighted by Gasteiger charge is -2.32. The van der Waals surface area contributed by atoms with Gasteiger partial charge >= 0.3 is 0 Å². The number of para-hydroxylation sites is 1. The first-order valence-electron chi connectivity index (χ1n) is 11.1. The van der Waals surface area contributed by atoms with Gasteiger partial charge in [-0.1, -0.05) is 42.5 Å². The van der Waals surface area contributed by atoms with Gasteiger partial charge in [-0.3, -0.25) is 14.9 Å². The highest BCUT2D eigenvalue weighted by Crippen LogP contribution is 2.28. The number of fused-ring (bicyclic) bond motifs is 1. The fraction of sp³-hybridized carbons (Fsp3) is 0.440. The Bertz CT molecular complexity index is 875. The lowest BCUT2D eigenvalue weighted by atomic mass is 9.89. The lowest BCUT2D eigenvalue weighted by molar-refractivity contribution is -0.121. The number of hydrogen-bond acceptors (Lipinski definition) is 4. The van der Waals surface area contributed by atoms with Crippen molar-refractivity contribution in [3.63, 3.8) is 0 Å². The highest BCUT2D eigenvalue weighted by molar-refractivity contribution is 6.11. The first-order valence-corrected chi connectivity index (χ1v) is 11.1. The van der Waals surface area contributed by atoms with Crippen LogP contribution in [0, 0.1) is 0 Å². The third-order valence-corrected chi connectivity index (χ3v) is 6.60. The van der Waals surface area contributed by atoms with Crippen LogP contribution < -0.4 is 10.2 Å². The number of likely N-dealkylation sites (tertiary alicyclic amines) is 1. The van der Waals surface area contributed by atoms with Crippen LogP contribution in [0.4, 0.5) is 5.69 Å². The van der Waals surface area contributed by atoms with Crippen molar-refractivity contribution < 1.29 is 9.59 Å². The maximum Gasteiger partial charge on any atom is 0.260 e. The fourth-order valence-electron chi connectivity index (χ4n) is 4.79. The minimum Gasteiger partial charge on any atom is -0.362 e. The average molecular weight is 406 g/mol. The largest absolute Gasteiger partial charge is 0.362 e. The normalized spacial score (nSPS) is 20.6. The Balaban J connectivity index is 1.25. The van der Waals surface area contributed by atoms with E-state index in [2.05, 4.69) is 40.5 Å². The first-order chi connectivity index (χ1) is 14.6. The van der Waals surface area contributed by atoms with Gasteiger partial charge in [0.05, 0.1) is 5.56 Å². The summed E-state index contributed by atoms with van der Waals surface area (Å²) in [7, 11) is 1.91. The number of anilines is 1. The van der Waals surface area contributed by atoms with E-state index in [1.807, 2.05) is 30.1 Å². The molecule has 0 aliphatic carbocycles. The summed E-state index contributed by atoms with van der Waals surface area (Å²) in [6, 6.07) is 18.0. The summed E-state index contributed by atoms with van der Waals surface area (Å²) in [5, 5.41) is 2.56. The van der Waals surface area contributed by atoms with E-state index in [0.717, 1.165) is 44.6 Å². The monoisotopic (exact) mass is 405 g/mol. The van der Waals surface area contributed by atoms with E-state index in [-0.39, 0.29) is 17.9 Å². The van der Waals surface area contributed by atoms with Crippen LogP contribution in [0.25, 0.3) is 0 Å². The van der Waals surface area contributed by atoms with Gasteiger partial charge in [0.2, 0.25) is 5.91 Å². The number of nitrogens with one attached hydrogen (secondary N) is 1. The molecule has 1 unspecified atom stereocenters. The highest BCUT2D eigenvalue weighted by atomic mass is 16.2. The maximum atomic E-state index is 12.6. The Labute approximate surface area is 179 Å². The zero-order valence-corrected chi connectivity index (χ0v) is 17.7. The molecule has 2 aromatic carbocycles. The number of amides is 2. The lowest BCUT2D eigenvalue weighted by Crippen LogP contribution is -2.44. The maximum absolute atomic E-state index is 12.6. The minimum atomic E-state index is -0.304. The van der Waals surface area contributed by atoms with Crippen molar-refractivity contribution in [2.24, 2.45) is 0 Å². The van der Waals surface area contributed by atoms with Gasteiger partial charge in [-0.2, -0.15) is 0 Å². The van der Waals surface area contributed by atoms with Gasteiger partial charge in [-0.15, -0.1) is 0 Å². The molecule has 0 saturated carbocycles. The summed E-state index contributed by atoms with van der Waals surface area (Å²) in [6.45, 7) is 3.37. The molecular weight excluding hydrogens is 374 g/mol. The van der Waals surface area contributed by atoms with Crippen molar-refractivity contribution in [3.05, 3.63) is 65.7 Å². The van der Waals surface area contributed by atoms with Crippen LogP contribution in [-0.2, 0) is 4.79 Å². The molecule has 158 valence electrons. The summed E-state index contributed by atoms with van der Waals surface area (Å²) < 4.78 is 0. The van der Waals surface area contributed by atoms with E-state index in [1.54, 1.807) is 6.07 Å². The number of carbonyl (C=O) groups excluding carboxylic acids is 2. The van der Waals surface area contributed by atoms with Gasteiger partial charge in [0.1, 0.15) is 6.04 Å². The number of likely N-dealkylation sites (N-methyl/N-ethyl adjacent to an activating group) is 1. The van der Waals surface area contributed by atoms with Crippen LogP contribution >= 0.6 is 0 Å². The molecule has 4 rings (SSSR count). The van der Waals surface area contributed by atoms with Gasteiger partial charge in [0, 0.05) is 12.7 Å². The molecular formula is C25H31N3O2. The summed E-state index contributed by atoms with van der Waals surface area (Å²) >= 11 is 0. The van der Waals surface area contributed by atoms with E-state index >= 15 is 0 Å². The van der Waals surface area contributed by atoms with Crippen LogP contribution in [0.15, 0.2) is 54.6 Å². The third kappa shape index (κ3) is 4.57. The first kappa shape index (κ1) is 20.6. The van der Waals surface area contributed by atoms with Gasteiger partial charge < -0.3 is 9.80 Å². The molecule has 5 nitrogen and oxygen atoms in total. The molecule has 1 fully saturated rings. The van der Waals surface area contributed by atoms with Crippen LogP contribution in [0.3, 0.4) is 0 Å². The standard InChI is InChI=1S/C25H31N3O2/c1-27-22-12-6-5-11-21(22)24(29)26-25(30)23(27)13-7-8-16-28-17-14-20(15-18-28)19-9-3-2-4-10-19/h2-6,9-12,20,23H,7-8,13-18H2,1H3,(H,26,29,30). The number of imide groups is 1. The molecule has 2 heterocycles. The molecule has 0 aromatic heterocycles. The molecule has 30 heavy (non-hydrogen) atoms. The molecule has 2 aliphatic rings. The summed E-state index contributed by atoms with van der Waals surface area (Å²) in [6.07, 6.45) is 5.23. The van der Waals surface area contributed by atoms with Crippen molar-refractivity contribution in [3.8, 4) is 0 Å². The zero-order valence-electron chi connectivity index (χ0n) is 17.7. The van der Waals surface area contributed by atoms with E-state index < -0.39 is 0 Å². The highest BCUT2D eigenvalue weighted by Gasteiger charge is 2.31. The molecule has 0 spiro atoms. The van der Waals surface area contributed by atoms with Crippen LogP contribution in [-0.4, -0.2) is 49.4 Å². The Morgan fingerprint density at radius 3 is 2.40 bits per heavy atom. The minimum absolute atomic E-state index is 0.192. The quantitative estimate of drug-likeness (QED) is 0.587. The Morgan fingerprint density at radius 2 is 1.63 bits per heavy atom. The smallest absolute Gasteiger partial charge is 0.260 e. The van der Waals surface area contributed by atoms with Crippen LogP contribution in [0.5, 0.6) is 0 Å². The molecule has 5 heteroatoms. The molecule has 1 atom stereocenters. The SMILES string of the molecule is CN1c2ccccc2C(=O)NC(=O)C1CCCCN1CCC(c2ccccc2)CC1. The van der Waals surface area contributed by atoms with Crippen molar-refractivity contribution >= 4 is 17.5 Å². The van der Waals surface area contributed by atoms with Gasteiger partial charge in [-0.25, -0.2) is 0 Å². The second kappa shape index (κ2) is 9.43. The van der Waals surface area contributed by atoms with Crippen molar-refractivity contribution in [1.82, 2.24) is 10.2 Å². The molecule has 0 radical (unpaired) electrons. The fourth-order valence-corrected chi connectivity index (χ4v) is 4.79. The number of hydrogen-bond donors (Lipinski definition) is 1. The summed E-state index contributed by atoms with van der Waals surface area (Å²) in [5.41, 5.74) is 2.86. The molecule has 2 amide bonds. The van der Waals surface area contributed by atoms with E-state index in [4.69, 9.17) is 0 Å². The Kier molecular flexibility index (Phi) is 6.48. The van der Waals surface area contributed by atoms with E-state index in [9.17, 15) is 9.59 Å². The van der Waals surface area contributed by atoms with Crippen LogP contribution in [0.2, 0.25) is 0 Å². The Morgan fingerprint density at radius 1 is 0.933 bits per heavy atom. The van der Waals surface area contributed by atoms with Gasteiger partial charge in [0.25, 0.3) is 5.91 Å². The second-order valence-electron chi connectivity index (χ2n) is 8.48. The summed E-state index contributed by atoms with van der Waals surface area (Å²) in [4.78, 5) is 29.4. The number of carbonyl (C=O) groups is 2.